The third-order valence-electron chi connectivity index (χ3n) is 3.54. The van der Waals surface area contributed by atoms with Gasteiger partial charge in [-0.05, 0) is 30.9 Å². The number of hydrogen-bond donors (Lipinski definition) is 1. The van der Waals surface area contributed by atoms with Crippen molar-refractivity contribution < 1.29 is 4.79 Å². The van der Waals surface area contributed by atoms with Crippen LogP contribution >= 0.6 is 27.5 Å². The third-order valence-corrected chi connectivity index (χ3v) is 4.70. The molecule has 1 fully saturated rings. The van der Waals surface area contributed by atoms with E-state index in [1.165, 1.54) is 19.3 Å². The van der Waals surface area contributed by atoms with Gasteiger partial charge in [-0.3, -0.25) is 4.79 Å². The summed E-state index contributed by atoms with van der Waals surface area (Å²) in [5.74, 6) is 0.476. The van der Waals surface area contributed by atoms with Crippen LogP contribution in [0.25, 0.3) is 0 Å². The van der Waals surface area contributed by atoms with E-state index in [4.69, 9.17) is 11.6 Å². The van der Waals surface area contributed by atoms with Crippen molar-refractivity contribution in [2.45, 2.75) is 31.7 Å². The number of nitrogens with one attached hydrogen (secondary N) is 1. The van der Waals surface area contributed by atoms with Gasteiger partial charge < -0.3 is 5.32 Å². The average molecular weight is 331 g/mol. The van der Waals surface area contributed by atoms with Crippen molar-refractivity contribution in [3.63, 3.8) is 0 Å². The molecule has 1 amide bonds. The summed E-state index contributed by atoms with van der Waals surface area (Å²) in [7, 11) is 0. The topological polar surface area (TPSA) is 29.1 Å². The summed E-state index contributed by atoms with van der Waals surface area (Å²) in [5, 5.41) is 4.58. The molecule has 1 aromatic rings. The Morgan fingerprint density at radius 1 is 1.33 bits per heavy atom. The lowest BCUT2D eigenvalue weighted by Gasteiger charge is -2.31. The third kappa shape index (κ3) is 3.27. The molecule has 0 aromatic heterocycles. The average Bonchev–Trinajstić information content (AvgIpc) is 2.39. The van der Waals surface area contributed by atoms with Gasteiger partial charge in [-0.2, -0.15) is 0 Å². The van der Waals surface area contributed by atoms with Crippen molar-refractivity contribution >= 4 is 33.4 Å². The van der Waals surface area contributed by atoms with Crippen molar-refractivity contribution in [3.8, 4) is 0 Å². The van der Waals surface area contributed by atoms with E-state index in [-0.39, 0.29) is 11.9 Å². The molecule has 0 saturated heterocycles. The zero-order chi connectivity index (χ0) is 13.0. The van der Waals surface area contributed by atoms with Crippen LogP contribution in [0.15, 0.2) is 24.3 Å². The monoisotopic (exact) mass is 329 g/mol. The molecule has 0 aliphatic heterocycles. The second-order valence-corrected chi connectivity index (χ2v) is 5.81. The molecule has 1 saturated carbocycles. The Morgan fingerprint density at radius 2 is 2.06 bits per heavy atom. The van der Waals surface area contributed by atoms with E-state index in [1.807, 2.05) is 12.1 Å². The number of amides is 1. The Labute approximate surface area is 121 Å². The van der Waals surface area contributed by atoms with Crippen LogP contribution in [0.3, 0.4) is 0 Å². The molecule has 4 heteroatoms. The van der Waals surface area contributed by atoms with E-state index in [0.29, 0.717) is 16.5 Å². The van der Waals surface area contributed by atoms with Gasteiger partial charge >= 0.3 is 0 Å². The molecule has 0 radical (unpaired) electrons. The second kappa shape index (κ2) is 6.58. The molecule has 0 bridgehead atoms. The maximum atomic E-state index is 12.2. The first-order valence-corrected chi connectivity index (χ1v) is 7.83. The molecule has 2 unspecified atom stereocenters. The number of benzene rings is 1. The maximum absolute atomic E-state index is 12.2. The molecule has 0 spiro atoms. The molecule has 18 heavy (non-hydrogen) atoms. The van der Waals surface area contributed by atoms with Gasteiger partial charge in [-0.1, -0.05) is 52.5 Å². The van der Waals surface area contributed by atoms with Gasteiger partial charge in [-0.15, -0.1) is 0 Å². The quantitative estimate of drug-likeness (QED) is 0.833. The van der Waals surface area contributed by atoms with Gasteiger partial charge in [0.05, 0.1) is 10.6 Å². The Morgan fingerprint density at radius 3 is 2.78 bits per heavy atom. The van der Waals surface area contributed by atoms with E-state index in [0.717, 1.165) is 11.8 Å². The van der Waals surface area contributed by atoms with Crippen molar-refractivity contribution in [3.05, 3.63) is 34.9 Å². The Kier molecular flexibility index (Phi) is 5.07. The largest absolute Gasteiger partial charge is 0.349 e. The van der Waals surface area contributed by atoms with Crippen LogP contribution in [-0.4, -0.2) is 17.3 Å². The Bertz CT molecular complexity index is 424. The molecule has 1 aliphatic carbocycles. The van der Waals surface area contributed by atoms with Gasteiger partial charge in [0.25, 0.3) is 5.91 Å². The lowest BCUT2D eigenvalue weighted by molar-refractivity contribution is 0.0912. The van der Waals surface area contributed by atoms with Gasteiger partial charge in [0.15, 0.2) is 0 Å². The summed E-state index contributed by atoms with van der Waals surface area (Å²) in [6.07, 6.45) is 4.69. The van der Waals surface area contributed by atoms with E-state index in [9.17, 15) is 4.79 Å². The van der Waals surface area contributed by atoms with Gasteiger partial charge in [0.1, 0.15) is 0 Å². The van der Waals surface area contributed by atoms with Gasteiger partial charge in [-0.25, -0.2) is 0 Å². The minimum absolute atomic E-state index is 0.0570. The maximum Gasteiger partial charge on any atom is 0.253 e. The van der Waals surface area contributed by atoms with Crippen LogP contribution in [0.4, 0.5) is 0 Å². The molecule has 1 aliphatic rings. The van der Waals surface area contributed by atoms with Crippen LogP contribution in [0.1, 0.15) is 36.0 Å². The molecule has 1 aromatic carbocycles. The second-order valence-electron chi connectivity index (χ2n) is 4.76. The van der Waals surface area contributed by atoms with Gasteiger partial charge in [0.2, 0.25) is 0 Å². The smallest absolute Gasteiger partial charge is 0.253 e. The number of alkyl halides is 1. The summed E-state index contributed by atoms with van der Waals surface area (Å²) in [4.78, 5) is 12.2. The normalized spacial score (nSPS) is 23.7. The van der Waals surface area contributed by atoms with Crippen molar-refractivity contribution in [1.82, 2.24) is 5.32 Å². The van der Waals surface area contributed by atoms with E-state index < -0.39 is 0 Å². The summed E-state index contributed by atoms with van der Waals surface area (Å²) >= 11 is 9.57. The first kappa shape index (κ1) is 13.9. The molecule has 2 atom stereocenters. The van der Waals surface area contributed by atoms with Crippen molar-refractivity contribution in [1.29, 1.82) is 0 Å². The van der Waals surface area contributed by atoms with Crippen molar-refractivity contribution in [2.75, 3.05) is 5.33 Å². The van der Waals surface area contributed by atoms with Crippen molar-refractivity contribution in [2.24, 2.45) is 5.92 Å². The molecular formula is C14H17BrClNO. The zero-order valence-corrected chi connectivity index (χ0v) is 12.5. The fourth-order valence-electron chi connectivity index (χ4n) is 2.47. The number of carbonyl (C=O) groups is 1. The van der Waals surface area contributed by atoms with E-state index in [2.05, 4.69) is 21.2 Å². The van der Waals surface area contributed by atoms with Crippen LogP contribution in [-0.2, 0) is 0 Å². The minimum Gasteiger partial charge on any atom is -0.349 e. The van der Waals surface area contributed by atoms with E-state index in [1.54, 1.807) is 12.1 Å². The summed E-state index contributed by atoms with van der Waals surface area (Å²) in [6, 6.07) is 7.45. The number of halogens is 2. The van der Waals surface area contributed by atoms with E-state index >= 15 is 0 Å². The summed E-state index contributed by atoms with van der Waals surface area (Å²) in [5.41, 5.74) is 0.568. The molecule has 2 nitrogen and oxygen atoms in total. The predicted molar refractivity (Wildman–Crippen MR) is 78.5 cm³/mol. The van der Waals surface area contributed by atoms with Crippen LogP contribution < -0.4 is 5.32 Å². The highest BCUT2D eigenvalue weighted by Gasteiger charge is 2.26. The van der Waals surface area contributed by atoms with Crippen LogP contribution in [0.5, 0.6) is 0 Å². The lowest BCUT2D eigenvalue weighted by atomic mass is 9.86. The fraction of sp³-hybridized carbons (Fsp3) is 0.500. The molecule has 0 heterocycles. The highest BCUT2D eigenvalue weighted by Crippen LogP contribution is 2.26. The molecular weight excluding hydrogens is 314 g/mol. The Balaban J connectivity index is 2.04. The summed E-state index contributed by atoms with van der Waals surface area (Å²) in [6.45, 7) is 0. The van der Waals surface area contributed by atoms with Crippen LogP contribution in [0, 0.1) is 5.92 Å². The number of rotatable bonds is 3. The predicted octanol–water partition coefficient (Wildman–Crippen LogP) is 4.02. The molecule has 1 N–H and O–H groups in total. The highest BCUT2D eigenvalue weighted by molar-refractivity contribution is 9.09. The number of hydrogen-bond acceptors (Lipinski definition) is 1. The highest BCUT2D eigenvalue weighted by atomic mass is 79.9. The van der Waals surface area contributed by atoms with Gasteiger partial charge in [0, 0.05) is 11.4 Å². The Hall–Kier alpha value is -0.540. The molecule has 2 rings (SSSR count). The molecule has 98 valence electrons. The first-order chi connectivity index (χ1) is 8.72. The SMILES string of the molecule is O=C(NC1CCCCC1CBr)c1ccccc1Cl. The minimum atomic E-state index is -0.0570. The number of carbonyl (C=O) groups excluding carboxylic acids is 1. The lowest BCUT2D eigenvalue weighted by Crippen LogP contribution is -2.42. The summed E-state index contributed by atoms with van der Waals surface area (Å²) < 4.78 is 0. The standard InChI is InChI=1S/C14H17BrClNO/c15-9-10-5-1-4-8-13(10)17-14(18)11-6-2-3-7-12(11)16/h2-3,6-7,10,13H,1,4-5,8-9H2,(H,17,18). The fourth-order valence-corrected chi connectivity index (χ4v) is 3.47. The van der Waals surface area contributed by atoms with Crippen LogP contribution in [0.2, 0.25) is 5.02 Å². The zero-order valence-electron chi connectivity index (χ0n) is 10.2. The first-order valence-electron chi connectivity index (χ1n) is 6.33.